The monoisotopic (exact) mass is 285 g/mol. The predicted octanol–water partition coefficient (Wildman–Crippen LogP) is 1.94. The Bertz CT molecular complexity index is 464. The van der Waals surface area contributed by atoms with Gasteiger partial charge in [0.05, 0.1) is 4.90 Å². The van der Waals surface area contributed by atoms with Gasteiger partial charge in [0.15, 0.2) is 0 Å². The molecule has 1 aromatic carbocycles. The van der Waals surface area contributed by atoms with Crippen LogP contribution in [0.15, 0.2) is 29.2 Å². The van der Waals surface area contributed by atoms with Crippen LogP contribution in [0.5, 0.6) is 0 Å². The highest BCUT2D eigenvalue weighted by Crippen LogP contribution is 2.12. The van der Waals surface area contributed by atoms with Crippen molar-refractivity contribution in [2.45, 2.75) is 38.0 Å². The minimum atomic E-state index is -3.42. The van der Waals surface area contributed by atoms with Crippen molar-refractivity contribution in [3.05, 3.63) is 29.8 Å². The van der Waals surface area contributed by atoms with Gasteiger partial charge in [-0.3, -0.25) is 0 Å². The summed E-state index contributed by atoms with van der Waals surface area (Å²) in [5, 5.41) is 8.82. The zero-order valence-corrected chi connectivity index (χ0v) is 12.4. The molecule has 4 nitrogen and oxygen atoms in total. The Hall–Kier alpha value is -0.910. The van der Waals surface area contributed by atoms with E-state index >= 15 is 0 Å². The summed E-state index contributed by atoms with van der Waals surface area (Å²) in [4.78, 5) is 0.278. The molecule has 108 valence electrons. The molecule has 0 unspecified atom stereocenters. The molecule has 0 aliphatic carbocycles. The van der Waals surface area contributed by atoms with Crippen LogP contribution in [-0.2, 0) is 16.4 Å². The van der Waals surface area contributed by atoms with Crippen molar-refractivity contribution in [3.63, 3.8) is 0 Å². The van der Waals surface area contributed by atoms with Crippen molar-refractivity contribution in [1.29, 1.82) is 0 Å². The molecule has 0 atom stereocenters. The first-order valence-electron chi connectivity index (χ1n) is 6.73. The van der Waals surface area contributed by atoms with Crippen LogP contribution in [0, 0.1) is 5.92 Å². The van der Waals surface area contributed by atoms with E-state index < -0.39 is 10.0 Å². The fourth-order valence-corrected chi connectivity index (χ4v) is 2.97. The molecule has 0 aliphatic rings. The van der Waals surface area contributed by atoms with Crippen molar-refractivity contribution >= 4 is 10.0 Å². The zero-order chi connectivity index (χ0) is 14.3. The molecule has 0 radical (unpaired) electrons. The minimum absolute atomic E-state index is 0.0685. The van der Waals surface area contributed by atoms with Crippen LogP contribution in [0.4, 0.5) is 0 Å². The summed E-state index contributed by atoms with van der Waals surface area (Å²) in [6, 6.07) is 6.64. The first-order chi connectivity index (χ1) is 9.03. The number of hydrogen-bond acceptors (Lipinski definition) is 3. The fraction of sp³-hybridized carbons (Fsp3) is 0.571. The quantitative estimate of drug-likeness (QED) is 0.767. The van der Waals surface area contributed by atoms with E-state index in [2.05, 4.69) is 18.6 Å². The average molecular weight is 285 g/mol. The fourth-order valence-electron chi connectivity index (χ4n) is 1.85. The van der Waals surface area contributed by atoms with Gasteiger partial charge in [0, 0.05) is 13.2 Å². The highest BCUT2D eigenvalue weighted by molar-refractivity contribution is 7.89. The molecule has 0 spiro atoms. The molecule has 5 heteroatoms. The van der Waals surface area contributed by atoms with Crippen molar-refractivity contribution in [2.75, 3.05) is 13.2 Å². The summed E-state index contributed by atoms with van der Waals surface area (Å²) in [6.07, 6.45) is 2.48. The Kier molecular flexibility index (Phi) is 6.48. The summed E-state index contributed by atoms with van der Waals surface area (Å²) in [5.74, 6) is 0.378. The second-order valence-electron chi connectivity index (χ2n) is 4.65. The van der Waals surface area contributed by atoms with Gasteiger partial charge in [0.2, 0.25) is 10.0 Å². The Morgan fingerprint density at radius 3 is 2.21 bits per heavy atom. The molecule has 0 heterocycles. The first-order valence-corrected chi connectivity index (χ1v) is 8.21. The van der Waals surface area contributed by atoms with Gasteiger partial charge in [-0.2, -0.15) is 0 Å². The van der Waals surface area contributed by atoms with Crippen LogP contribution >= 0.6 is 0 Å². The summed E-state index contributed by atoms with van der Waals surface area (Å²) in [7, 11) is -3.42. The normalized spacial score (nSPS) is 12.0. The molecule has 19 heavy (non-hydrogen) atoms. The third-order valence-corrected chi connectivity index (χ3v) is 4.79. The molecule has 1 rings (SSSR count). The van der Waals surface area contributed by atoms with Gasteiger partial charge in [0.1, 0.15) is 0 Å². The van der Waals surface area contributed by atoms with E-state index in [4.69, 9.17) is 5.11 Å². The van der Waals surface area contributed by atoms with Crippen LogP contribution in [-0.4, -0.2) is 26.7 Å². The molecular formula is C14H23NO3S. The van der Waals surface area contributed by atoms with Gasteiger partial charge in [-0.05, 0) is 30.0 Å². The maximum absolute atomic E-state index is 12.1. The Morgan fingerprint density at radius 1 is 1.16 bits per heavy atom. The number of aliphatic hydroxyl groups excluding tert-OH is 1. The second-order valence-corrected chi connectivity index (χ2v) is 6.42. The van der Waals surface area contributed by atoms with Crippen molar-refractivity contribution < 1.29 is 13.5 Å². The molecule has 0 aliphatic heterocycles. The van der Waals surface area contributed by atoms with E-state index in [0.29, 0.717) is 18.9 Å². The number of sulfonamides is 1. The number of rotatable bonds is 8. The molecule has 0 saturated heterocycles. The third-order valence-electron chi connectivity index (χ3n) is 3.35. The van der Waals surface area contributed by atoms with Gasteiger partial charge in [-0.1, -0.05) is 38.8 Å². The molecule has 0 bridgehead atoms. The minimum Gasteiger partial charge on any atom is -0.396 e. The highest BCUT2D eigenvalue weighted by Gasteiger charge is 2.15. The topological polar surface area (TPSA) is 66.4 Å². The predicted molar refractivity (Wildman–Crippen MR) is 76.5 cm³/mol. The van der Waals surface area contributed by atoms with E-state index in [1.165, 1.54) is 0 Å². The van der Waals surface area contributed by atoms with Crippen LogP contribution in [0.25, 0.3) is 0 Å². The van der Waals surface area contributed by atoms with Crippen molar-refractivity contribution in [2.24, 2.45) is 5.92 Å². The molecule has 2 N–H and O–H groups in total. The van der Waals surface area contributed by atoms with E-state index in [1.54, 1.807) is 24.3 Å². The number of hydrogen-bond donors (Lipinski definition) is 2. The van der Waals surface area contributed by atoms with Crippen LogP contribution in [0.1, 0.15) is 32.3 Å². The van der Waals surface area contributed by atoms with Gasteiger partial charge in [-0.15, -0.1) is 0 Å². The summed E-state index contributed by atoms with van der Waals surface area (Å²) >= 11 is 0. The number of nitrogens with one attached hydrogen (secondary N) is 1. The summed E-state index contributed by atoms with van der Waals surface area (Å²) in [6.45, 7) is 4.67. The Balaban J connectivity index is 2.71. The summed E-state index contributed by atoms with van der Waals surface area (Å²) < 4.78 is 26.8. The first kappa shape index (κ1) is 16.1. The molecule has 0 fully saturated rings. The standard InChI is InChI=1S/C14H23NO3S/c1-3-12(4-2)11-15-19(17,18)14-7-5-13(6-8-14)9-10-16/h5-8,12,15-16H,3-4,9-11H2,1-2H3. The van der Waals surface area contributed by atoms with E-state index in [1.807, 2.05) is 0 Å². The van der Waals surface area contributed by atoms with Crippen LogP contribution in [0.3, 0.4) is 0 Å². The lowest BCUT2D eigenvalue weighted by molar-refractivity contribution is 0.299. The lowest BCUT2D eigenvalue weighted by Gasteiger charge is -2.13. The Morgan fingerprint density at radius 2 is 1.74 bits per heavy atom. The zero-order valence-electron chi connectivity index (χ0n) is 11.6. The van der Waals surface area contributed by atoms with Gasteiger partial charge < -0.3 is 5.11 Å². The maximum atomic E-state index is 12.1. The SMILES string of the molecule is CCC(CC)CNS(=O)(=O)c1ccc(CCO)cc1. The lowest BCUT2D eigenvalue weighted by atomic mass is 10.0. The molecular weight excluding hydrogens is 262 g/mol. The second kappa shape index (κ2) is 7.62. The van der Waals surface area contributed by atoms with Crippen molar-refractivity contribution in [3.8, 4) is 0 Å². The number of aliphatic hydroxyl groups is 1. The maximum Gasteiger partial charge on any atom is 0.240 e. The van der Waals surface area contributed by atoms with E-state index in [0.717, 1.165) is 18.4 Å². The molecule has 1 aromatic rings. The van der Waals surface area contributed by atoms with E-state index in [-0.39, 0.29) is 11.5 Å². The summed E-state index contributed by atoms with van der Waals surface area (Å²) in [5.41, 5.74) is 0.932. The number of benzene rings is 1. The molecule has 0 amide bonds. The smallest absolute Gasteiger partial charge is 0.240 e. The molecule has 0 saturated carbocycles. The molecule has 0 aromatic heterocycles. The van der Waals surface area contributed by atoms with E-state index in [9.17, 15) is 8.42 Å². The van der Waals surface area contributed by atoms with Crippen LogP contribution < -0.4 is 4.72 Å². The van der Waals surface area contributed by atoms with Gasteiger partial charge in [0.25, 0.3) is 0 Å². The lowest BCUT2D eigenvalue weighted by Crippen LogP contribution is -2.29. The third kappa shape index (κ3) is 4.93. The largest absolute Gasteiger partial charge is 0.396 e. The average Bonchev–Trinajstić information content (AvgIpc) is 2.41. The van der Waals surface area contributed by atoms with Crippen molar-refractivity contribution in [1.82, 2.24) is 4.72 Å². The van der Waals surface area contributed by atoms with Gasteiger partial charge in [-0.25, -0.2) is 13.1 Å². The van der Waals surface area contributed by atoms with Crippen LogP contribution in [0.2, 0.25) is 0 Å². The highest BCUT2D eigenvalue weighted by atomic mass is 32.2. The van der Waals surface area contributed by atoms with Gasteiger partial charge >= 0.3 is 0 Å². The Labute approximate surface area is 115 Å².